The van der Waals surface area contributed by atoms with Gasteiger partial charge >= 0.3 is 0 Å². The minimum atomic E-state index is -1.48. The van der Waals surface area contributed by atoms with E-state index >= 15 is 0 Å². The van der Waals surface area contributed by atoms with Crippen LogP contribution in [0.4, 0.5) is 0 Å². The lowest BCUT2D eigenvalue weighted by molar-refractivity contribution is 0.116. The Kier molecular flexibility index (Phi) is 5.60. The molecular formula is C31H29NO2. The first kappa shape index (κ1) is 22.1. The number of nitrogens with one attached hydrogen (secondary N) is 1. The molecule has 0 radical (unpaired) electrons. The van der Waals surface area contributed by atoms with E-state index in [2.05, 4.69) is 4.98 Å². The molecule has 1 aromatic heterocycles. The van der Waals surface area contributed by atoms with E-state index in [9.17, 15) is 10.2 Å². The number of fused-ring (bicyclic) bond motifs is 1. The van der Waals surface area contributed by atoms with Crippen molar-refractivity contribution in [2.45, 2.75) is 32.5 Å². The maximum absolute atomic E-state index is 12.6. The third-order valence-electron chi connectivity index (χ3n) is 6.71. The number of hydrogen-bond donors (Lipinski definition) is 3. The topological polar surface area (TPSA) is 56.2 Å². The summed E-state index contributed by atoms with van der Waals surface area (Å²) in [5, 5.41) is 25.1. The van der Waals surface area contributed by atoms with E-state index in [1.807, 2.05) is 118 Å². The molecule has 0 aliphatic heterocycles. The van der Waals surface area contributed by atoms with Gasteiger partial charge in [-0.05, 0) is 43.5 Å². The van der Waals surface area contributed by atoms with Crippen LogP contribution in [-0.2, 0) is 5.60 Å². The summed E-state index contributed by atoms with van der Waals surface area (Å²) in [6, 6.07) is 31.7. The Balaban J connectivity index is 1.82. The van der Waals surface area contributed by atoms with Crippen molar-refractivity contribution in [1.82, 2.24) is 4.98 Å². The monoisotopic (exact) mass is 447 g/mol. The van der Waals surface area contributed by atoms with Gasteiger partial charge in [-0.1, -0.05) is 108 Å². The van der Waals surface area contributed by atoms with Crippen LogP contribution in [0.25, 0.3) is 10.9 Å². The van der Waals surface area contributed by atoms with Crippen LogP contribution in [0.1, 0.15) is 50.7 Å². The minimum Gasteiger partial charge on any atom is -0.384 e. The smallest absolute Gasteiger partial charge is 0.155 e. The number of aliphatic hydroxyl groups is 2. The van der Waals surface area contributed by atoms with Gasteiger partial charge in [0.2, 0.25) is 0 Å². The van der Waals surface area contributed by atoms with Gasteiger partial charge < -0.3 is 15.2 Å². The summed E-state index contributed by atoms with van der Waals surface area (Å²) >= 11 is 0. The van der Waals surface area contributed by atoms with Gasteiger partial charge in [-0.25, -0.2) is 0 Å². The summed E-state index contributed by atoms with van der Waals surface area (Å²) in [5.74, 6) is 0. The number of aryl methyl sites for hydroxylation is 3. The first-order valence-electron chi connectivity index (χ1n) is 11.6. The first-order chi connectivity index (χ1) is 16.4. The van der Waals surface area contributed by atoms with Crippen LogP contribution in [0.3, 0.4) is 0 Å². The van der Waals surface area contributed by atoms with E-state index in [1.165, 1.54) is 0 Å². The van der Waals surface area contributed by atoms with E-state index in [4.69, 9.17) is 0 Å². The van der Waals surface area contributed by atoms with Crippen molar-refractivity contribution in [3.8, 4) is 0 Å². The number of hydrogen-bond acceptors (Lipinski definition) is 2. The van der Waals surface area contributed by atoms with Gasteiger partial charge in [0.1, 0.15) is 6.10 Å². The summed E-state index contributed by atoms with van der Waals surface area (Å²) < 4.78 is 0. The molecule has 3 N–H and O–H groups in total. The molecule has 0 saturated heterocycles. The van der Waals surface area contributed by atoms with Gasteiger partial charge in [-0.15, -0.1) is 0 Å². The second-order valence-corrected chi connectivity index (χ2v) is 9.21. The van der Waals surface area contributed by atoms with Crippen LogP contribution in [0.5, 0.6) is 0 Å². The van der Waals surface area contributed by atoms with Crippen molar-refractivity contribution in [3.63, 3.8) is 0 Å². The first-order valence-corrected chi connectivity index (χ1v) is 11.6. The highest BCUT2D eigenvalue weighted by Crippen LogP contribution is 2.43. The lowest BCUT2D eigenvalue weighted by Crippen LogP contribution is -2.31. The predicted molar refractivity (Wildman–Crippen MR) is 138 cm³/mol. The quantitative estimate of drug-likeness (QED) is 0.290. The molecular weight excluding hydrogens is 418 g/mol. The van der Waals surface area contributed by atoms with E-state index in [-0.39, 0.29) is 0 Å². The fraction of sp³-hybridized carbons (Fsp3) is 0.161. The van der Waals surface area contributed by atoms with Crippen molar-refractivity contribution >= 4 is 10.9 Å². The lowest BCUT2D eigenvalue weighted by atomic mass is 9.80. The molecule has 1 atom stereocenters. The van der Waals surface area contributed by atoms with E-state index < -0.39 is 11.7 Å². The molecule has 1 unspecified atom stereocenters. The summed E-state index contributed by atoms with van der Waals surface area (Å²) in [5.41, 5.74) is 6.28. The molecule has 0 spiro atoms. The molecule has 3 nitrogen and oxygen atoms in total. The summed E-state index contributed by atoms with van der Waals surface area (Å²) in [7, 11) is 0. The highest BCUT2D eigenvalue weighted by molar-refractivity contribution is 5.86. The fourth-order valence-corrected chi connectivity index (χ4v) is 4.69. The third kappa shape index (κ3) is 3.73. The van der Waals surface area contributed by atoms with Crippen LogP contribution in [0, 0.1) is 20.8 Å². The van der Waals surface area contributed by atoms with E-state index in [0.717, 1.165) is 44.3 Å². The second-order valence-electron chi connectivity index (χ2n) is 9.21. The van der Waals surface area contributed by atoms with E-state index in [0.29, 0.717) is 11.3 Å². The normalized spacial score (nSPS) is 12.7. The molecule has 170 valence electrons. The van der Waals surface area contributed by atoms with Crippen LogP contribution >= 0.6 is 0 Å². The van der Waals surface area contributed by atoms with Crippen molar-refractivity contribution in [3.05, 3.63) is 142 Å². The third-order valence-corrected chi connectivity index (χ3v) is 6.71. The van der Waals surface area contributed by atoms with Crippen LogP contribution in [-0.4, -0.2) is 15.2 Å². The number of aromatic amines is 1. The predicted octanol–water partition coefficient (Wildman–Crippen LogP) is 6.46. The molecule has 0 fully saturated rings. The number of aliphatic hydroxyl groups excluding tert-OH is 1. The molecule has 0 bridgehead atoms. The molecule has 1 heterocycles. The molecule has 5 aromatic rings. The van der Waals surface area contributed by atoms with Crippen LogP contribution in [0.15, 0.2) is 97.1 Å². The zero-order valence-electron chi connectivity index (χ0n) is 19.7. The Morgan fingerprint density at radius 3 is 1.65 bits per heavy atom. The zero-order chi connectivity index (χ0) is 23.9. The van der Waals surface area contributed by atoms with Gasteiger partial charge in [0.15, 0.2) is 5.60 Å². The van der Waals surface area contributed by atoms with Crippen LogP contribution in [0.2, 0.25) is 0 Å². The van der Waals surface area contributed by atoms with Gasteiger partial charge in [0, 0.05) is 16.5 Å². The maximum Gasteiger partial charge on any atom is 0.155 e. The van der Waals surface area contributed by atoms with Crippen LogP contribution < -0.4 is 0 Å². The maximum atomic E-state index is 12.6. The van der Waals surface area contributed by atoms with Gasteiger partial charge in [-0.2, -0.15) is 0 Å². The molecule has 0 amide bonds. The van der Waals surface area contributed by atoms with Crippen molar-refractivity contribution < 1.29 is 10.2 Å². The Morgan fingerprint density at radius 2 is 1.12 bits per heavy atom. The van der Waals surface area contributed by atoms with Gasteiger partial charge in [-0.3, -0.25) is 0 Å². The Bertz CT molecular complexity index is 1380. The fourth-order valence-electron chi connectivity index (χ4n) is 4.69. The summed E-state index contributed by atoms with van der Waals surface area (Å²) in [4.78, 5) is 3.48. The number of aromatic nitrogens is 1. The Morgan fingerprint density at radius 1 is 0.647 bits per heavy atom. The highest BCUT2D eigenvalue weighted by atomic mass is 16.3. The molecule has 5 rings (SSSR count). The largest absolute Gasteiger partial charge is 0.384 e. The SMILES string of the molecule is Cc1ccc(C(O)c2c(C(O)(c3ccc(C)cc3)c3ccc(C)cc3)[nH]c3ccccc23)cc1. The number of H-pyrrole nitrogens is 1. The molecule has 0 aliphatic rings. The number of para-hydroxylation sites is 1. The Labute approximate surface area is 200 Å². The zero-order valence-corrected chi connectivity index (χ0v) is 19.7. The average molecular weight is 448 g/mol. The molecule has 34 heavy (non-hydrogen) atoms. The van der Waals surface area contributed by atoms with Gasteiger partial charge in [0.05, 0.1) is 5.69 Å². The molecule has 4 aromatic carbocycles. The van der Waals surface area contributed by atoms with Crippen molar-refractivity contribution in [2.75, 3.05) is 0 Å². The van der Waals surface area contributed by atoms with Crippen molar-refractivity contribution in [2.24, 2.45) is 0 Å². The lowest BCUT2D eigenvalue weighted by Gasteiger charge is -2.31. The number of benzene rings is 4. The summed E-state index contributed by atoms with van der Waals surface area (Å²) in [6.45, 7) is 6.09. The van der Waals surface area contributed by atoms with Gasteiger partial charge in [0.25, 0.3) is 0 Å². The molecule has 0 aliphatic carbocycles. The Hall–Kier alpha value is -3.66. The number of rotatable bonds is 5. The molecule has 0 saturated carbocycles. The second kappa shape index (κ2) is 8.60. The van der Waals surface area contributed by atoms with E-state index in [1.54, 1.807) is 0 Å². The highest BCUT2D eigenvalue weighted by Gasteiger charge is 2.39. The van der Waals surface area contributed by atoms with Crippen molar-refractivity contribution in [1.29, 1.82) is 0 Å². The average Bonchev–Trinajstić information content (AvgIpc) is 3.24. The summed E-state index contributed by atoms with van der Waals surface area (Å²) in [6.07, 6.45) is -0.908. The minimum absolute atomic E-state index is 0.578. The molecule has 3 heteroatoms. The standard InChI is InChI=1S/C31H29NO2/c1-20-8-14-23(15-9-20)29(33)28-26-6-4-5-7-27(26)32-30(28)31(34,24-16-10-21(2)11-17-24)25-18-12-22(3)13-19-25/h4-19,29,32-34H,1-3H3.